The predicted octanol–water partition coefficient (Wildman–Crippen LogP) is 2.26. The number of rotatable bonds is 5. The first-order chi connectivity index (χ1) is 12.4. The number of nitro groups is 1. The van der Waals surface area contributed by atoms with Crippen molar-refractivity contribution in [2.24, 2.45) is 0 Å². The number of aromatic nitrogens is 2. The number of aryl methyl sites for hydroxylation is 1. The molecule has 9 nitrogen and oxygen atoms in total. The van der Waals surface area contributed by atoms with Crippen LogP contribution < -0.4 is 5.56 Å². The Balaban J connectivity index is 1.66. The van der Waals surface area contributed by atoms with Crippen LogP contribution in [-0.4, -0.2) is 20.3 Å². The van der Waals surface area contributed by atoms with E-state index in [1.54, 1.807) is 12.3 Å². The number of furan rings is 1. The largest absolute Gasteiger partial charge is 0.456 e. The molecule has 3 rings (SSSR count). The molecule has 0 atom stereocenters. The van der Waals surface area contributed by atoms with Crippen LogP contribution in [0.15, 0.2) is 51.8 Å². The van der Waals surface area contributed by atoms with Crippen LogP contribution in [0.5, 0.6) is 0 Å². The van der Waals surface area contributed by atoms with Crippen molar-refractivity contribution in [1.29, 1.82) is 0 Å². The fourth-order valence-corrected chi connectivity index (χ4v) is 2.21. The van der Waals surface area contributed by atoms with Gasteiger partial charge in [-0.05, 0) is 30.7 Å². The summed E-state index contributed by atoms with van der Waals surface area (Å²) in [7, 11) is 0. The van der Waals surface area contributed by atoms with Gasteiger partial charge in [-0.3, -0.25) is 19.3 Å². The zero-order chi connectivity index (χ0) is 18.7. The lowest BCUT2D eigenvalue weighted by Gasteiger charge is -2.05. The number of esters is 1. The fraction of sp³-hybridized carbons (Fsp3) is 0.118. The molecule has 0 N–H and O–H groups in total. The molecule has 0 unspecified atom stereocenters. The van der Waals surface area contributed by atoms with Crippen molar-refractivity contribution in [3.63, 3.8) is 0 Å². The minimum absolute atomic E-state index is 0.145. The van der Waals surface area contributed by atoms with Crippen molar-refractivity contribution >= 4 is 23.6 Å². The molecule has 3 aromatic heterocycles. The summed E-state index contributed by atoms with van der Waals surface area (Å²) in [5, 5.41) is 10.5. The summed E-state index contributed by atoms with van der Waals surface area (Å²) in [5.74, 6) is -0.977. The standard InChI is InChI=1S/C17H13N3O6/c1-11-2-5-14-18-12(8-15(21)19(14)9-11)10-25-17(22)7-4-13-3-6-16(26-13)20(23)24/h2-9H,10H2,1H3/b7-4+. The molecular formula is C17H13N3O6. The Hall–Kier alpha value is -3.75. The summed E-state index contributed by atoms with van der Waals surface area (Å²) >= 11 is 0. The molecule has 0 saturated carbocycles. The Kier molecular flexibility index (Phi) is 4.61. The molecule has 0 saturated heterocycles. The first-order valence-electron chi connectivity index (χ1n) is 7.50. The van der Waals surface area contributed by atoms with Crippen LogP contribution >= 0.6 is 0 Å². The van der Waals surface area contributed by atoms with Gasteiger partial charge in [0.2, 0.25) is 0 Å². The number of ether oxygens (including phenoxy) is 1. The molecular weight excluding hydrogens is 342 g/mol. The van der Waals surface area contributed by atoms with Gasteiger partial charge in [-0.2, -0.15) is 0 Å². The SMILES string of the molecule is Cc1ccc2nc(COC(=O)/C=C/c3ccc([N+](=O)[O-])o3)cc(=O)n2c1. The van der Waals surface area contributed by atoms with E-state index in [2.05, 4.69) is 4.98 Å². The summed E-state index contributed by atoms with van der Waals surface area (Å²) in [4.78, 5) is 37.9. The maximum Gasteiger partial charge on any atom is 0.433 e. The summed E-state index contributed by atoms with van der Waals surface area (Å²) < 4.78 is 11.3. The summed E-state index contributed by atoms with van der Waals surface area (Å²) in [6.45, 7) is 1.68. The van der Waals surface area contributed by atoms with E-state index in [1.807, 2.05) is 13.0 Å². The Morgan fingerprint density at radius 2 is 2.19 bits per heavy atom. The molecule has 3 heterocycles. The second-order valence-corrected chi connectivity index (χ2v) is 5.39. The number of carbonyl (C=O) groups is 1. The van der Waals surface area contributed by atoms with Gasteiger partial charge in [0.1, 0.15) is 22.9 Å². The quantitative estimate of drug-likeness (QED) is 0.298. The minimum Gasteiger partial charge on any atom is -0.456 e. The van der Waals surface area contributed by atoms with Crippen LogP contribution in [-0.2, 0) is 16.1 Å². The van der Waals surface area contributed by atoms with Gasteiger partial charge in [0.15, 0.2) is 0 Å². The van der Waals surface area contributed by atoms with E-state index < -0.39 is 16.8 Å². The smallest absolute Gasteiger partial charge is 0.433 e. The molecule has 0 amide bonds. The van der Waals surface area contributed by atoms with E-state index in [1.165, 1.54) is 28.7 Å². The molecule has 26 heavy (non-hydrogen) atoms. The van der Waals surface area contributed by atoms with E-state index in [0.29, 0.717) is 11.3 Å². The van der Waals surface area contributed by atoms with Crippen molar-refractivity contribution in [1.82, 2.24) is 9.38 Å². The van der Waals surface area contributed by atoms with Crippen LogP contribution in [0, 0.1) is 17.0 Å². The van der Waals surface area contributed by atoms with Crippen LogP contribution in [0.1, 0.15) is 17.0 Å². The third-order valence-corrected chi connectivity index (χ3v) is 3.40. The summed E-state index contributed by atoms with van der Waals surface area (Å²) in [5.41, 5.74) is 1.41. The topological polar surface area (TPSA) is 117 Å². The van der Waals surface area contributed by atoms with Gasteiger partial charge in [-0.25, -0.2) is 9.78 Å². The fourth-order valence-electron chi connectivity index (χ4n) is 2.21. The second-order valence-electron chi connectivity index (χ2n) is 5.39. The molecule has 0 spiro atoms. The van der Waals surface area contributed by atoms with Crippen LogP contribution in [0.2, 0.25) is 0 Å². The molecule has 0 fully saturated rings. The van der Waals surface area contributed by atoms with Gasteiger partial charge < -0.3 is 9.15 Å². The summed E-state index contributed by atoms with van der Waals surface area (Å²) in [6, 6.07) is 7.35. The third-order valence-electron chi connectivity index (χ3n) is 3.40. The lowest BCUT2D eigenvalue weighted by Crippen LogP contribution is -2.16. The lowest BCUT2D eigenvalue weighted by atomic mass is 10.3. The van der Waals surface area contributed by atoms with Gasteiger partial charge in [0.25, 0.3) is 5.56 Å². The maximum atomic E-state index is 12.1. The Bertz CT molecular complexity index is 1080. The molecule has 0 aromatic carbocycles. The highest BCUT2D eigenvalue weighted by atomic mass is 16.6. The molecule has 132 valence electrons. The first kappa shape index (κ1) is 17.1. The Morgan fingerprint density at radius 3 is 2.92 bits per heavy atom. The lowest BCUT2D eigenvalue weighted by molar-refractivity contribution is -0.402. The van der Waals surface area contributed by atoms with Crippen molar-refractivity contribution < 1.29 is 18.9 Å². The minimum atomic E-state index is -0.699. The average Bonchev–Trinajstić information content (AvgIpc) is 3.08. The number of carbonyl (C=O) groups excluding carboxylic acids is 1. The molecule has 9 heteroatoms. The second kappa shape index (κ2) is 7.01. The Morgan fingerprint density at radius 1 is 1.38 bits per heavy atom. The number of pyridine rings is 1. The number of hydrogen-bond donors (Lipinski definition) is 0. The van der Waals surface area contributed by atoms with E-state index in [9.17, 15) is 19.7 Å². The highest BCUT2D eigenvalue weighted by Gasteiger charge is 2.10. The van der Waals surface area contributed by atoms with Gasteiger partial charge in [0, 0.05) is 18.3 Å². The summed E-state index contributed by atoms with van der Waals surface area (Å²) in [6.07, 6.45) is 3.99. The van der Waals surface area contributed by atoms with E-state index in [-0.39, 0.29) is 17.9 Å². The van der Waals surface area contributed by atoms with Crippen LogP contribution in [0.25, 0.3) is 11.7 Å². The van der Waals surface area contributed by atoms with E-state index in [0.717, 1.165) is 11.6 Å². The van der Waals surface area contributed by atoms with E-state index in [4.69, 9.17) is 9.15 Å². The third kappa shape index (κ3) is 3.83. The zero-order valence-corrected chi connectivity index (χ0v) is 13.6. The van der Waals surface area contributed by atoms with Crippen LogP contribution in [0.4, 0.5) is 5.88 Å². The zero-order valence-electron chi connectivity index (χ0n) is 13.6. The molecule has 3 aromatic rings. The van der Waals surface area contributed by atoms with Crippen molar-refractivity contribution in [2.75, 3.05) is 0 Å². The van der Waals surface area contributed by atoms with Gasteiger partial charge >= 0.3 is 11.9 Å². The average molecular weight is 355 g/mol. The highest BCUT2D eigenvalue weighted by molar-refractivity contribution is 5.86. The maximum absolute atomic E-state index is 12.1. The highest BCUT2D eigenvalue weighted by Crippen LogP contribution is 2.16. The Labute approximate surface area is 146 Å². The first-order valence-corrected chi connectivity index (χ1v) is 7.50. The predicted molar refractivity (Wildman–Crippen MR) is 90.4 cm³/mol. The van der Waals surface area contributed by atoms with Crippen molar-refractivity contribution in [3.8, 4) is 0 Å². The number of nitrogens with zero attached hydrogens (tertiary/aromatic N) is 3. The van der Waals surface area contributed by atoms with Crippen molar-refractivity contribution in [3.05, 3.63) is 80.1 Å². The molecule has 0 aliphatic rings. The normalized spacial score (nSPS) is 11.1. The monoisotopic (exact) mass is 355 g/mol. The van der Waals surface area contributed by atoms with Gasteiger partial charge in [-0.1, -0.05) is 6.07 Å². The number of fused-ring (bicyclic) bond motifs is 1. The van der Waals surface area contributed by atoms with Crippen LogP contribution in [0.3, 0.4) is 0 Å². The van der Waals surface area contributed by atoms with Gasteiger partial charge in [0.05, 0.1) is 11.8 Å². The molecule has 0 aliphatic heterocycles. The molecule has 0 bridgehead atoms. The van der Waals surface area contributed by atoms with E-state index >= 15 is 0 Å². The molecule has 0 radical (unpaired) electrons. The number of hydrogen-bond acceptors (Lipinski definition) is 7. The van der Waals surface area contributed by atoms with Crippen molar-refractivity contribution in [2.45, 2.75) is 13.5 Å². The molecule has 0 aliphatic carbocycles. The van der Waals surface area contributed by atoms with Gasteiger partial charge in [-0.15, -0.1) is 0 Å².